The number of benzene rings is 2. The largest absolute Gasteiger partial charge is 0.323 e. The molecule has 0 radical (unpaired) electrons. The Kier molecular flexibility index (Phi) is 4.48. The first kappa shape index (κ1) is 17.0. The monoisotopic (exact) mass is 348 g/mol. The van der Waals surface area contributed by atoms with Gasteiger partial charge in [0.25, 0.3) is 0 Å². The first-order chi connectivity index (χ1) is 11.9. The molecule has 0 aliphatic carbocycles. The molecule has 0 saturated heterocycles. The number of anilines is 2. The number of hydrogen-bond donors (Lipinski definition) is 1. The number of hydrogen-bond acceptors (Lipinski definition) is 2. The fourth-order valence-electron chi connectivity index (χ4n) is 2.98. The number of carbonyl (C=O) groups excluding carboxylic acids is 2. The van der Waals surface area contributed by atoms with E-state index in [1.54, 1.807) is 12.1 Å². The first-order valence-corrected chi connectivity index (χ1v) is 7.71. The number of amides is 2. The lowest BCUT2D eigenvalue weighted by Crippen LogP contribution is -2.37. The van der Waals surface area contributed by atoms with Gasteiger partial charge in [0.05, 0.1) is 5.69 Å². The van der Waals surface area contributed by atoms with Gasteiger partial charge in [-0.15, -0.1) is 0 Å². The van der Waals surface area contributed by atoms with Crippen molar-refractivity contribution in [1.29, 1.82) is 0 Å². The van der Waals surface area contributed by atoms with Crippen molar-refractivity contribution in [2.24, 2.45) is 0 Å². The van der Waals surface area contributed by atoms with E-state index >= 15 is 0 Å². The second kappa shape index (κ2) is 6.58. The minimum atomic E-state index is -1.67. The van der Waals surface area contributed by atoms with Gasteiger partial charge in [0, 0.05) is 11.7 Å². The molecule has 1 N–H and O–H groups in total. The van der Waals surface area contributed by atoms with E-state index in [4.69, 9.17) is 0 Å². The Balaban J connectivity index is 1.72. The van der Waals surface area contributed by atoms with Crippen LogP contribution in [0.4, 0.5) is 24.5 Å². The zero-order chi connectivity index (χ0) is 18.1. The van der Waals surface area contributed by atoms with Crippen molar-refractivity contribution in [3.63, 3.8) is 0 Å². The topological polar surface area (TPSA) is 49.4 Å². The highest BCUT2D eigenvalue weighted by Crippen LogP contribution is 2.32. The molecular formula is C18H15F3N2O2. The van der Waals surface area contributed by atoms with Gasteiger partial charge in [0.2, 0.25) is 11.8 Å². The fourth-order valence-corrected chi connectivity index (χ4v) is 2.98. The molecule has 2 aromatic rings. The van der Waals surface area contributed by atoms with Crippen LogP contribution in [0.1, 0.15) is 18.9 Å². The smallest absolute Gasteiger partial charge is 0.236 e. The van der Waals surface area contributed by atoms with Gasteiger partial charge in [0.15, 0.2) is 17.5 Å². The predicted molar refractivity (Wildman–Crippen MR) is 86.7 cm³/mol. The highest BCUT2D eigenvalue weighted by molar-refractivity contribution is 6.10. The van der Waals surface area contributed by atoms with Crippen molar-refractivity contribution >= 4 is 23.2 Å². The lowest BCUT2D eigenvalue weighted by molar-refractivity contribution is -0.125. The summed E-state index contributed by atoms with van der Waals surface area (Å²) in [5.41, 5.74) is 1.24. The molecule has 0 spiro atoms. The lowest BCUT2D eigenvalue weighted by Gasteiger charge is -2.22. The summed E-state index contributed by atoms with van der Waals surface area (Å²) < 4.78 is 39.7. The second-order valence-electron chi connectivity index (χ2n) is 5.89. The normalized spacial score (nSPS) is 15.8. The average molecular weight is 348 g/mol. The van der Waals surface area contributed by atoms with Gasteiger partial charge in [-0.2, -0.15) is 0 Å². The van der Waals surface area contributed by atoms with E-state index in [1.807, 2.05) is 19.1 Å². The van der Waals surface area contributed by atoms with Crippen molar-refractivity contribution in [3.8, 4) is 0 Å². The fraction of sp³-hybridized carbons (Fsp3) is 0.222. The molecular weight excluding hydrogens is 333 g/mol. The van der Waals surface area contributed by atoms with Gasteiger partial charge in [0.1, 0.15) is 6.42 Å². The van der Waals surface area contributed by atoms with Crippen molar-refractivity contribution in [2.75, 3.05) is 10.2 Å². The van der Waals surface area contributed by atoms with Gasteiger partial charge in [-0.1, -0.05) is 18.2 Å². The highest BCUT2D eigenvalue weighted by Gasteiger charge is 2.31. The molecule has 2 aromatic carbocycles. The summed E-state index contributed by atoms with van der Waals surface area (Å²) in [5, 5.41) is 2.10. The molecule has 3 rings (SSSR count). The van der Waals surface area contributed by atoms with Crippen molar-refractivity contribution < 1.29 is 22.8 Å². The Labute approximate surface area is 142 Å². The molecule has 130 valence electrons. The Bertz CT molecular complexity index is 854. The van der Waals surface area contributed by atoms with Crippen LogP contribution in [0.5, 0.6) is 0 Å². The summed E-state index contributed by atoms with van der Waals surface area (Å²) >= 11 is 0. The van der Waals surface area contributed by atoms with Crippen LogP contribution < -0.4 is 10.2 Å². The maximum absolute atomic E-state index is 13.6. The quantitative estimate of drug-likeness (QED) is 0.683. The summed E-state index contributed by atoms with van der Waals surface area (Å²) in [6.07, 6.45) is 0.151. The van der Waals surface area contributed by atoms with Crippen LogP contribution in [-0.4, -0.2) is 17.9 Å². The Hall–Kier alpha value is -2.83. The molecule has 4 nitrogen and oxygen atoms in total. The molecule has 1 atom stereocenters. The van der Waals surface area contributed by atoms with E-state index < -0.39 is 41.4 Å². The van der Waals surface area contributed by atoms with E-state index in [0.29, 0.717) is 12.5 Å². The van der Waals surface area contributed by atoms with Crippen LogP contribution in [0.25, 0.3) is 0 Å². The van der Waals surface area contributed by atoms with Gasteiger partial charge >= 0.3 is 0 Å². The third kappa shape index (κ3) is 3.22. The Morgan fingerprint density at radius 2 is 1.84 bits per heavy atom. The first-order valence-electron chi connectivity index (χ1n) is 7.71. The maximum atomic E-state index is 13.6. The number of halogens is 3. The number of nitrogens with zero attached hydrogens (tertiary/aromatic N) is 1. The molecule has 1 aliphatic heterocycles. The maximum Gasteiger partial charge on any atom is 0.236 e. The van der Waals surface area contributed by atoms with Crippen LogP contribution in [0.2, 0.25) is 0 Å². The second-order valence-corrected chi connectivity index (χ2v) is 5.89. The molecule has 1 aliphatic rings. The van der Waals surface area contributed by atoms with Crippen LogP contribution in [0.3, 0.4) is 0 Å². The third-order valence-corrected chi connectivity index (χ3v) is 4.10. The number of carbonyl (C=O) groups is 2. The number of fused-ring (bicyclic) bond motifs is 1. The summed E-state index contributed by atoms with van der Waals surface area (Å²) in [6.45, 7) is 1.87. The molecule has 25 heavy (non-hydrogen) atoms. The lowest BCUT2D eigenvalue weighted by atomic mass is 10.1. The molecule has 0 bridgehead atoms. The molecule has 7 heteroatoms. The summed E-state index contributed by atoms with van der Waals surface area (Å²) in [5.74, 6) is -5.77. The highest BCUT2D eigenvalue weighted by atomic mass is 19.2. The van der Waals surface area contributed by atoms with E-state index in [9.17, 15) is 22.8 Å². The minimum Gasteiger partial charge on any atom is -0.323 e. The molecule has 1 heterocycles. The summed E-state index contributed by atoms with van der Waals surface area (Å²) in [6, 6.07) is 8.89. The summed E-state index contributed by atoms with van der Waals surface area (Å²) in [7, 11) is 0. The number of rotatable bonds is 3. The van der Waals surface area contributed by atoms with E-state index in [1.165, 1.54) is 4.90 Å². The molecule has 0 aromatic heterocycles. The third-order valence-electron chi connectivity index (χ3n) is 4.10. The standard InChI is InChI=1S/C18H15F3N2O2/c1-10-8-11-4-2-3-5-14(11)23(10)16(25)9-15(24)22-13-7-6-12(19)17(20)18(13)21/h2-7,10H,8-9H2,1H3,(H,22,24). The minimum absolute atomic E-state index is 0.0994. The Morgan fingerprint density at radius 1 is 1.12 bits per heavy atom. The van der Waals surface area contributed by atoms with Gasteiger partial charge in [-0.05, 0) is 37.1 Å². The van der Waals surface area contributed by atoms with Gasteiger partial charge < -0.3 is 10.2 Å². The van der Waals surface area contributed by atoms with Crippen molar-refractivity contribution in [1.82, 2.24) is 0 Å². The Morgan fingerprint density at radius 3 is 2.60 bits per heavy atom. The molecule has 0 fully saturated rings. The zero-order valence-corrected chi connectivity index (χ0v) is 13.4. The van der Waals surface area contributed by atoms with Crippen molar-refractivity contribution in [2.45, 2.75) is 25.8 Å². The van der Waals surface area contributed by atoms with Gasteiger partial charge in [-0.3, -0.25) is 9.59 Å². The average Bonchev–Trinajstić information content (AvgIpc) is 2.91. The zero-order valence-electron chi connectivity index (χ0n) is 13.4. The van der Waals surface area contributed by atoms with Crippen molar-refractivity contribution in [3.05, 3.63) is 59.4 Å². The molecule has 2 amide bonds. The van der Waals surface area contributed by atoms with E-state index in [0.717, 1.165) is 17.3 Å². The van der Waals surface area contributed by atoms with E-state index in [2.05, 4.69) is 5.32 Å². The number of para-hydroxylation sites is 1. The van der Waals surface area contributed by atoms with Crippen LogP contribution in [0, 0.1) is 17.5 Å². The predicted octanol–water partition coefficient (Wildman–Crippen LogP) is 3.41. The number of nitrogens with one attached hydrogen (secondary N) is 1. The van der Waals surface area contributed by atoms with Crippen LogP contribution in [0.15, 0.2) is 36.4 Å². The molecule has 1 unspecified atom stereocenters. The SMILES string of the molecule is CC1Cc2ccccc2N1C(=O)CC(=O)Nc1ccc(F)c(F)c1F. The van der Waals surface area contributed by atoms with Crippen LogP contribution >= 0.6 is 0 Å². The van der Waals surface area contributed by atoms with E-state index in [-0.39, 0.29) is 6.04 Å². The summed E-state index contributed by atoms with van der Waals surface area (Å²) in [4.78, 5) is 26.0. The van der Waals surface area contributed by atoms with Crippen LogP contribution in [-0.2, 0) is 16.0 Å². The van der Waals surface area contributed by atoms with Gasteiger partial charge in [-0.25, -0.2) is 13.2 Å². The molecule has 0 saturated carbocycles.